The van der Waals surface area contributed by atoms with E-state index >= 15 is 0 Å². The van der Waals surface area contributed by atoms with Crippen LogP contribution in [0.25, 0.3) is 0 Å². The van der Waals surface area contributed by atoms with Crippen LogP contribution in [0, 0.1) is 0 Å². The van der Waals surface area contributed by atoms with Gasteiger partial charge in [-0.25, -0.2) is 17.9 Å². The Bertz CT molecular complexity index is 730. The van der Waals surface area contributed by atoms with Crippen LogP contribution >= 0.6 is 0 Å². The number of methoxy groups -OCH3 is 1. The molecular weight excluding hydrogens is 360 g/mol. The highest BCUT2D eigenvalue weighted by molar-refractivity contribution is 7.89. The first-order chi connectivity index (χ1) is 12.2. The van der Waals surface area contributed by atoms with Gasteiger partial charge in [0.05, 0.1) is 17.1 Å². The van der Waals surface area contributed by atoms with Crippen LogP contribution in [0.3, 0.4) is 0 Å². The predicted octanol–water partition coefficient (Wildman–Crippen LogP) is 0.847. The van der Waals surface area contributed by atoms with E-state index in [0.29, 0.717) is 0 Å². The lowest BCUT2D eigenvalue weighted by Crippen LogP contribution is -2.36. The lowest BCUT2D eigenvalue weighted by atomic mass is 10.2. The van der Waals surface area contributed by atoms with E-state index in [4.69, 9.17) is 9.47 Å². The van der Waals surface area contributed by atoms with Crippen LogP contribution in [-0.2, 0) is 24.3 Å². The van der Waals surface area contributed by atoms with Gasteiger partial charge in [-0.1, -0.05) is 6.08 Å². The van der Waals surface area contributed by atoms with Gasteiger partial charge in [0, 0.05) is 19.7 Å². The first-order valence-corrected chi connectivity index (χ1v) is 9.40. The van der Waals surface area contributed by atoms with Crippen molar-refractivity contribution in [2.75, 3.05) is 20.3 Å². The fourth-order valence-corrected chi connectivity index (χ4v) is 3.21. The lowest BCUT2D eigenvalue weighted by molar-refractivity contribution is -0.128. The molecule has 1 rings (SSSR count). The van der Waals surface area contributed by atoms with Gasteiger partial charge in [-0.2, -0.15) is 0 Å². The van der Waals surface area contributed by atoms with Crippen LogP contribution in [0.1, 0.15) is 24.2 Å². The van der Waals surface area contributed by atoms with Gasteiger partial charge in [-0.05, 0) is 38.1 Å². The van der Waals surface area contributed by atoms with Crippen molar-refractivity contribution in [2.24, 2.45) is 0 Å². The second kappa shape index (κ2) is 10.0. The summed E-state index contributed by atoms with van der Waals surface area (Å²) in [5.74, 6) is -1.18. The molecule has 0 bridgehead atoms. The number of ether oxygens (including phenoxy) is 2. The topological polar surface area (TPSA) is 111 Å². The fourth-order valence-electron chi connectivity index (χ4n) is 1.99. The molecular formula is C17H24N2O6S. The molecule has 1 amide bonds. The molecule has 0 fully saturated rings. The highest BCUT2D eigenvalue weighted by Gasteiger charge is 2.20. The van der Waals surface area contributed by atoms with E-state index in [1.165, 1.54) is 44.4 Å². The maximum atomic E-state index is 12.2. The smallest absolute Gasteiger partial charge is 0.338 e. The van der Waals surface area contributed by atoms with Gasteiger partial charge in [-0.3, -0.25) is 4.79 Å². The third-order valence-corrected chi connectivity index (χ3v) is 4.85. The highest BCUT2D eigenvalue weighted by Crippen LogP contribution is 2.13. The van der Waals surface area contributed by atoms with Gasteiger partial charge in [0.25, 0.3) is 5.91 Å². The van der Waals surface area contributed by atoms with Gasteiger partial charge in [0.15, 0.2) is 6.10 Å². The molecule has 0 aliphatic carbocycles. The number of amides is 1. The van der Waals surface area contributed by atoms with E-state index in [1.54, 1.807) is 6.92 Å². The van der Waals surface area contributed by atoms with E-state index in [9.17, 15) is 18.0 Å². The average Bonchev–Trinajstić information content (AvgIpc) is 2.59. The van der Waals surface area contributed by atoms with E-state index in [1.807, 2.05) is 0 Å². The number of hydrogen-bond donors (Lipinski definition) is 2. The van der Waals surface area contributed by atoms with Crippen molar-refractivity contribution in [1.82, 2.24) is 10.0 Å². The van der Waals surface area contributed by atoms with Crippen molar-refractivity contribution >= 4 is 21.9 Å². The third kappa shape index (κ3) is 6.58. The molecule has 0 saturated carbocycles. The summed E-state index contributed by atoms with van der Waals surface area (Å²) < 4.78 is 36.8. The zero-order chi connectivity index (χ0) is 19.7. The number of carbonyl (C=O) groups is 2. The molecule has 0 aliphatic rings. The Balaban J connectivity index is 2.75. The number of nitrogens with one attached hydrogen (secondary N) is 2. The Morgan fingerprint density at radius 2 is 1.85 bits per heavy atom. The summed E-state index contributed by atoms with van der Waals surface area (Å²) in [5.41, 5.74) is 0.136. The summed E-state index contributed by atoms with van der Waals surface area (Å²) in [6.45, 7) is 7.08. The Labute approximate surface area is 153 Å². The minimum atomic E-state index is -3.73. The van der Waals surface area contributed by atoms with Crippen LogP contribution in [-0.4, -0.2) is 52.7 Å². The molecule has 0 aromatic heterocycles. The Morgan fingerprint density at radius 3 is 2.38 bits per heavy atom. The van der Waals surface area contributed by atoms with Gasteiger partial charge >= 0.3 is 5.97 Å². The summed E-state index contributed by atoms with van der Waals surface area (Å²) >= 11 is 0. The molecule has 0 heterocycles. The quantitative estimate of drug-likeness (QED) is 0.457. The zero-order valence-electron chi connectivity index (χ0n) is 15.0. The molecule has 0 aliphatic heterocycles. The first-order valence-electron chi connectivity index (χ1n) is 7.92. The number of hydrogen-bond acceptors (Lipinski definition) is 6. The van der Waals surface area contributed by atoms with Crippen molar-refractivity contribution in [1.29, 1.82) is 0 Å². The summed E-state index contributed by atoms with van der Waals surface area (Å²) in [6, 6.07) is 4.84. The van der Waals surface area contributed by atoms with Gasteiger partial charge < -0.3 is 14.8 Å². The number of sulfonamides is 1. The molecule has 0 radical (unpaired) electrons. The van der Waals surface area contributed by atoms with E-state index in [2.05, 4.69) is 16.6 Å². The van der Waals surface area contributed by atoms with Crippen LogP contribution in [0.4, 0.5) is 0 Å². The third-order valence-electron chi connectivity index (χ3n) is 3.25. The van der Waals surface area contributed by atoms with Gasteiger partial charge in [-0.15, -0.1) is 6.58 Å². The van der Waals surface area contributed by atoms with Gasteiger partial charge in [0.2, 0.25) is 10.0 Å². The summed E-state index contributed by atoms with van der Waals surface area (Å²) in [4.78, 5) is 23.7. The molecule has 1 aromatic carbocycles. The normalized spacial score (nSPS) is 13.5. The van der Waals surface area contributed by atoms with E-state index < -0.39 is 34.0 Å². The van der Waals surface area contributed by atoms with Crippen molar-refractivity contribution in [3.8, 4) is 0 Å². The first kappa shape index (κ1) is 21.8. The Hall–Kier alpha value is -2.23. The molecule has 1 aromatic rings. The molecule has 0 spiro atoms. The maximum absolute atomic E-state index is 12.2. The monoisotopic (exact) mass is 384 g/mol. The minimum Gasteiger partial charge on any atom is -0.449 e. The zero-order valence-corrected chi connectivity index (χ0v) is 15.8. The standard InChI is InChI=1S/C17H24N2O6S/c1-5-10-18-16(20)13(3)25-17(21)14-6-8-15(9-7-14)26(22,23)19-12(2)11-24-4/h5-9,12-13,19H,1,10-11H2,2-4H3,(H,18,20)/t12-,13-/m1/s1. The average molecular weight is 384 g/mol. The number of benzene rings is 1. The van der Waals surface area contributed by atoms with E-state index in [0.717, 1.165) is 0 Å². The lowest BCUT2D eigenvalue weighted by Gasteiger charge is -2.14. The SMILES string of the molecule is C=CCNC(=O)[C@@H](C)OC(=O)c1ccc(S(=O)(=O)N[C@H](C)COC)cc1. The van der Waals surface area contributed by atoms with Crippen molar-refractivity contribution in [3.05, 3.63) is 42.5 Å². The molecule has 2 N–H and O–H groups in total. The molecule has 9 heteroatoms. The Kier molecular flexibility index (Phi) is 8.43. The van der Waals surface area contributed by atoms with Crippen LogP contribution in [0.15, 0.2) is 41.8 Å². The molecule has 0 unspecified atom stereocenters. The summed E-state index contributed by atoms with van der Waals surface area (Å²) in [7, 11) is -2.25. The van der Waals surface area contributed by atoms with Crippen LogP contribution in [0.2, 0.25) is 0 Å². The number of esters is 1. The molecule has 2 atom stereocenters. The van der Waals surface area contributed by atoms with Crippen molar-refractivity contribution in [2.45, 2.75) is 30.9 Å². The Morgan fingerprint density at radius 1 is 1.23 bits per heavy atom. The van der Waals surface area contributed by atoms with Crippen molar-refractivity contribution in [3.63, 3.8) is 0 Å². The van der Waals surface area contributed by atoms with Gasteiger partial charge in [0.1, 0.15) is 0 Å². The second-order valence-corrected chi connectivity index (χ2v) is 7.30. The summed E-state index contributed by atoms with van der Waals surface area (Å²) in [5, 5.41) is 2.51. The number of rotatable bonds is 10. The molecule has 0 saturated heterocycles. The predicted molar refractivity (Wildman–Crippen MR) is 96.2 cm³/mol. The largest absolute Gasteiger partial charge is 0.449 e. The molecule has 8 nitrogen and oxygen atoms in total. The van der Waals surface area contributed by atoms with E-state index in [-0.39, 0.29) is 23.6 Å². The highest BCUT2D eigenvalue weighted by atomic mass is 32.2. The van der Waals surface area contributed by atoms with Crippen LogP contribution < -0.4 is 10.0 Å². The molecule has 26 heavy (non-hydrogen) atoms. The molecule has 144 valence electrons. The fraction of sp³-hybridized carbons (Fsp3) is 0.412. The summed E-state index contributed by atoms with van der Waals surface area (Å²) in [6.07, 6.45) is 0.523. The van der Waals surface area contributed by atoms with Crippen LogP contribution in [0.5, 0.6) is 0 Å². The second-order valence-electron chi connectivity index (χ2n) is 5.58. The maximum Gasteiger partial charge on any atom is 0.338 e. The minimum absolute atomic E-state index is 0.00813. The van der Waals surface area contributed by atoms with Crippen molar-refractivity contribution < 1.29 is 27.5 Å². The number of carbonyl (C=O) groups excluding carboxylic acids is 2.